The van der Waals surface area contributed by atoms with Crippen molar-refractivity contribution in [2.24, 2.45) is 0 Å². The van der Waals surface area contributed by atoms with E-state index < -0.39 is 0 Å². The molecule has 0 aliphatic carbocycles. The Kier molecular flexibility index (Phi) is 4.38. The van der Waals surface area contributed by atoms with Crippen molar-refractivity contribution in [2.75, 3.05) is 52.2 Å². The highest BCUT2D eigenvalue weighted by Crippen LogP contribution is 2.21. The van der Waals surface area contributed by atoms with Gasteiger partial charge in [-0.05, 0) is 0 Å². The van der Waals surface area contributed by atoms with Crippen molar-refractivity contribution >= 4 is 22.9 Å². The summed E-state index contributed by atoms with van der Waals surface area (Å²) in [6, 6.07) is 0. The molecule has 0 aromatic heterocycles. The Hall–Kier alpha value is -0.630. The first-order chi connectivity index (χ1) is 8.22. The van der Waals surface area contributed by atoms with Gasteiger partial charge in [0.05, 0.1) is 12.4 Å². The fourth-order valence-corrected chi connectivity index (χ4v) is 2.71. The Morgan fingerprint density at radius 2 is 1.94 bits per heavy atom. The van der Waals surface area contributed by atoms with E-state index in [1.807, 2.05) is 5.01 Å². The van der Waals surface area contributed by atoms with Crippen LogP contribution in [0.25, 0.3) is 0 Å². The van der Waals surface area contributed by atoms with Crippen LogP contribution in [0.4, 0.5) is 4.79 Å². The van der Waals surface area contributed by atoms with Crippen LogP contribution in [-0.4, -0.2) is 78.3 Å². The maximum atomic E-state index is 11.5. The molecule has 0 N–H and O–H groups in total. The molecular weight excluding hydrogens is 242 g/mol. The lowest BCUT2D eigenvalue weighted by Crippen LogP contribution is -2.55. The number of nitrogens with zero attached hydrogens (tertiary/aromatic N) is 3. The molecule has 0 spiro atoms. The molecule has 0 radical (unpaired) electrons. The first-order valence-electron chi connectivity index (χ1n) is 5.68. The topological polar surface area (TPSA) is 53.1 Å². The highest BCUT2D eigenvalue weighted by molar-refractivity contribution is 8.14. The number of rotatable bonds is 4. The van der Waals surface area contributed by atoms with Crippen LogP contribution < -0.4 is 0 Å². The standard InChI is InChI=1S/C10H17N3O3S/c1-16-7-6-11-2-4-12(5-3-11)13-9(14)8-17-10(13)15/h2-8H2,1H3. The molecule has 2 rings (SSSR count). The van der Waals surface area contributed by atoms with Crippen LogP contribution in [-0.2, 0) is 9.53 Å². The van der Waals surface area contributed by atoms with E-state index in [0.717, 1.165) is 51.1 Å². The van der Waals surface area contributed by atoms with Gasteiger partial charge in [-0.15, -0.1) is 0 Å². The van der Waals surface area contributed by atoms with Crippen molar-refractivity contribution in [3.05, 3.63) is 0 Å². The average molecular weight is 259 g/mol. The van der Waals surface area contributed by atoms with Crippen LogP contribution in [0.15, 0.2) is 0 Å². The van der Waals surface area contributed by atoms with Crippen LogP contribution in [0.5, 0.6) is 0 Å². The van der Waals surface area contributed by atoms with Crippen LogP contribution in [0, 0.1) is 0 Å². The second-order valence-corrected chi connectivity index (χ2v) is 4.97. The molecule has 2 amide bonds. The van der Waals surface area contributed by atoms with Crippen LogP contribution in [0.2, 0.25) is 0 Å². The van der Waals surface area contributed by atoms with E-state index >= 15 is 0 Å². The molecule has 2 aliphatic heterocycles. The third-order valence-corrected chi connectivity index (χ3v) is 3.78. The van der Waals surface area contributed by atoms with Gasteiger partial charge in [-0.1, -0.05) is 11.8 Å². The average Bonchev–Trinajstić information content (AvgIpc) is 2.67. The van der Waals surface area contributed by atoms with E-state index in [2.05, 4.69) is 4.90 Å². The Morgan fingerprint density at radius 3 is 2.47 bits per heavy atom. The van der Waals surface area contributed by atoms with Crippen LogP contribution in [0.1, 0.15) is 0 Å². The predicted octanol–water partition coefficient (Wildman–Crippen LogP) is -0.139. The van der Waals surface area contributed by atoms with Gasteiger partial charge < -0.3 is 4.74 Å². The first-order valence-corrected chi connectivity index (χ1v) is 6.67. The van der Waals surface area contributed by atoms with Crippen LogP contribution >= 0.6 is 11.8 Å². The molecule has 0 saturated carbocycles. The van der Waals surface area contributed by atoms with Gasteiger partial charge in [-0.25, -0.2) is 5.01 Å². The highest BCUT2D eigenvalue weighted by atomic mass is 32.2. The molecule has 0 unspecified atom stereocenters. The van der Waals surface area contributed by atoms with Crippen LogP contribution in [0.3, 0.4) is 0 Å². The lowest BCUT2D eigenvalue weighted by Gasteiger charge is -2.37. The van der Waals surface area contributed by atoms with Gasteiger partial charge in [-0.2, -0.15) is 5.01 Å². The Bertz CT molecular complexity index is 289. The summed E-state index contributed by atoms with van der Waals surface area (Å²) in [5, 5.41) is 3.02. The number of methoxy groups -OCH3 is 1. The van der Waals surface area contributed by atoms with Crippen molar-refractivity contribution < 1.29 is 14.3 Å². The molecule has 2 fully saturated rings. The monoisotopic (exact) mass is 259 g/mol. The Balaban J connectivity index is 1.82. The minimum absolute atomic E-state index is 0.0923. The zero-order chi connectivity index (χ0) is 12.3. The molecule has 2 heterocycles. The first kappa shape index (κ1) is 12.8. The van der Waals surface area contributed by atoms with Gasteiger partial charge >= 0.3 is 5.24 Å². The van der Waals surface area contributed by atoms with Gasteiger partial charge in [0.25, 0.3) is 5.91 Å². The molecule has 7 heteroatoms. The number of imide groups is 1. The number of carbonyl (C=O) groups excluding carboxylic acids is 2. The summed E-state index contributed by atoms with van der Waals surface area (Å²) >= 11 is 1.08. The number of hydrogen-bond donors (Lipinski definition) is 0. The third-order valence-electron chi connectivity index (χ3n) is 2.97. The van der Waals surface area contributed by atoms with E-state index in [-0.39, 0.29) is 16.9 Å². The summed E-state index contributed by atoms with van der Waals surface area (Å²) in [7, 11) is 1.69. The molecule has 2 aliphatic rings. The Morgan fingerprint density at radius 1 is 1.24 bits per heavy atom. The number of hydrazine groups is 1. The normalized spacial score (nSPS) is 23.7. The zero-order valence-corrected chi connectivity index (χ0v) is 10.7. The van der Waals surface area contributed by atoms with Gasteiger partial charge in [0.1, 0.15) is 0 Å². The molecule has 17 heavy (non-hydrogen) atoms. The maximum absolute atomic E-state index is 11.5. The molecule has 0 bridgehead atoms. The lowest BCUT2D eigenvalue weighted by molar-refractivity contribution is -0.139. The minimum atomic E-state index is -0.139. The summed E-state index contributed by atoms with van der Waals surface area (Å²) in [6.45, 7) is 4.80. The number of hydrogen-bond acceptors (Lipinski definition) is 6. The largest absolute Gasteiger partial charge is 0.383 e. The molecule has 96 valence electrons. The van der Waals surface area contributed by atoms with E-state index in [1.54, 1.807) is 7.11 Å². The summed E-state index contributed by atoms with van der Waals surface area (Å²) in [5.74, 6) is 0.188. The number of ether oxygens (including phenoxy) is 1. The lowest BCUT2D eigenvalue weighted by atomic mass is 10.3. The Labute approximate surface area is 105 Å². The predicted molar refractivity (Wildman–Crippen MR) is 64.6 cm³/mol. The second-order valence-electron chi connectivity index (χ2n) is 4.05. The van der Waals surface area contributed by atoms with Gasteiger partial charge in [0.15, 0.2) is 0 Å². The maximum Gasteiger partial charge on any atom is 0.303 e. The number of carbonyl (C=O) groups is 2. The molecule has 2 saturated heterocycles. The molecular formula is C10H17N3O3S. The summed E-state index contributed by atoms with van der Waals surface area (Å²) in [5.41, 5.74) is 0. The van der Waals surface area contributed by atoms with Crippen molar-refractivity contribution in [2.45, 2.75) is 0 Å². The van der Waals surface area contributed by atoms with Crippen molar-refractivity contribution in [3.63, 3.8) is 0 Å². The SMILES string of the molecule is COCCN1CCN(N2C(=O)CSC2=O)CC1. The van der Waals surface area contributed by atoms with Crippen molar-refractivity contribution in [1.29, 1.82) is 0 Å². The van der Waals surface area contributed by atoms with E-state index in [9.17, 15) is 9.59 Å². The third kappa shape index (κ3) is 2.98. The smallest absolute Gasteiger partial charge is 0.303 e. The number of piperazine rings is 1. The number of thioether (sulfide) groups is 1. The second kappa shape index (κ2) is 5.81. The molecule has 0 aromatic rings. The molecule has 6 nitrogen and oxygen atoms in total. The summed E-state index contributed by atoms with van der Waals surface area (Å²) < 4.78 is 5.03. The van der Waals surface area contributed by atoms with Crippen molar-refractivity contribution in [1.82, 2.24) is 14.9 Å². The van der Waals surface area contributed by atoms with Gasteiger partial charge in [0, 0.05) is 39.8 Å². The molecule has 0 aromatic carbocycles. The molecule has 0 atom stereocenters. The summed E-state index contributed by atoms with van der Waals surface area (Å²) in [6.07, 6.45) is 0. The summed E-state index contributed by atoms with van der Waals surface area (Å²) in [4.78, 5) is 25.4. The van der Waals surface area contributed by atoms with Crippen molar-refractivity contribution in [3.8, 4) is 0 Å². The quantitative estimate of drug-likeness (QED) is 0.700. The van der Waals surface area contributed by atoms with E-state index in [1.165, 1.54) is 5.01 Å². The minimum Gasteiger partial charge on any atom is -0.383 e. The van der Waals surface area contributed by atoms with E-state index in [4.69, 9.17) is 4.74 Å². The van der Waals surface area contributed by atoms with E-state index in [0.29, 0.717) is 0 Å². The fourth-order valence-electron chi connectivity index (χ4n) is 2.00. The van der Waals surface area contributed by atoms with Gasteiger partial charge in [0.2, 0.25) is 0 Å². The van der Waals surface area contributed by atoms with Gasteiger partial charge in [-0.3, -0.25) is 14.5 Å². The zero-order valence-electron chi connectivity index (χ0n) is 9.92. The fraction of sp³-hybridized carbons (Fsp3) is 0.800. The number of amides is 2. The highest BCUT2D eigenvalue weighted by Gasteiger charge is 2.36.